The van der Waals surface area contributed by atoms with Crippen molar-refractivity contribution in [2.75, 3.05) is 43.9 Å². The fourth-order valence-electron chi connectivity index (χ4n) is 8.06. The molecular formula is C33H34F3N5O2S. The van der Waals surface area contributed by atoms with Gasteiger partial charge < -0.3 is 20.1 Å². The van der Waals surface area contributed by atoms with Gasteiger partial charge in [-0.1, -0.05) is 12.1 Å². The standard InChI is InChI=1S/C33H34F3N5O2S/c1-44-30-26(35)8-3-18-11-22(42)12-25(27(18)30)23-6-7-24-29(28(23)36)38-32(39-31(24)40-15-20-4-5-21(16-40)37-20)43-17-33-9-2-10-41(33)14-19(34)13-33/h3,6-8,11-12,19-21,37,42H,2,4-5,9-10,13-17H2,1H3/t19-,20-,21+,33+/m1/s1. The van der Waals surface area contributed by atoms with Crippen molar-refractivity contribution in [3.05, 3.63) is 48.0 Å². The Kier molecular flexibility index (Phi) is 6.84. The predicted octanol–water partition coefficient (Wildman–Crippen LogP) is 6.05. The summed E-state index contributed by atoms with van der Waals surface area (Å²) >= 11 is 1.24. The molecule has 0 amide bonds. The molecule has 11 heteroatoms. The average Bonchev–Trinajstić information content (AvgIpc) is 3.66. The number of aromatic hydroxyl groups is 1. The SMILES string of the molecule is CSc1c(F)ccc2cc(O)cc(-c3ccc4c(N5C[C@H]6CC[C@@H](C5)N6)nc(OC[C@@]56CCCN5C[C@H](F)C6)nc4c3F)c12. The molecule has 4 aromatic rings. The Hall–Kier alpha value is -3.28. The van der Waals surface area contributed by atoms with Gasteiger partial charge >= 0.3 is 6.01 Å². The number of ether oxygens (including phenoxy) is 1. The van der Waals surface area contributed by atoms with E-state index < -0.39 is 23.3 Å². The average molecular weight is 622 g/mol. The highest BCUT2D eigenvalue weighted by molar-refractivity contribution is 7.98. The quantitative estimate of drug-likeness (QED) is 0.252. The summed E-state index contributed by atoms with van der Waals surface area (Å²) in [5.74, 6) is -0.435. The first-order chi connectivity index (χ1) is 21.3. The van der Waals surface area contributed by atoms with E-state index in [1.54, 1.807) is 24.5 Å². The lowest BCUT2D eigenvalue weighted by molar-refractivity contribution is 0.107. The maximum Gasteiger partial charge on any atom is 0.319 e. The van der Waals surface area contributed by atoms with E-state index in [1.807, 2.05) is 6.07 Å². The number of phenols is 1. The van der Waals surface area contributed by atoms with E-state index in [9.17, 15) is 13.9 Å². The van der Waals surface area contributed by atoms with Crippen molar-refractivity contribution in [3.8, 4) is 22.9 Å². The second kappa shape index (κ2) is 10.7. The van der Waals surface area contributed by atoms with Gasteiger partial charge in [0.25, 0.3) is 0 Å². The minimum atomic E-state index is -0.892. The molecular weight excluding hydrogens is 587 g/mol. The number of nitrogens with zero attached hydrogens (tertiary/aromatic N) is 4. The van der Waals surface area contributed by atoms with Crippen LogP contribution in [0.4, 0.5) is 19.0 Å². The second-order valence-corrected chi connectivity index (χ2v) is 13.5. The zero-order valence-electron chi connectivity index (χ0n) is 24.5. The third kappa shape index (κ3) is 4.58. The molecule has 4 saturated heterocycles. The summed E-state index contributed by atoms with van der Waals surface area (Å²) in [6.45, 7) is 2.96. The van der Waals surface area contributed by atoms with Gasteiger partial charge in [-0.15, -0.1) is 11.8 Å². The lowest BCUT2D eigenvalue weighted by Gasteiger charge is -2.34. The molecule has 8 rings (SSSR count). The highest BCUT2D eigenvalue weighted by Crippen LogP contribution is 2.43. The molecule has 4 aliphatic heterocycles. The van der Waals surface area contributed by atoms with E-state index in [4.69, 9.17) is 9.72 Å². The van der Waals surface area contributed by atoms with Gasteiger partial charge in [0.05, 0.1) is 10.4 Å². The smallest absolute Gasteiger partial charge is 0.319 e. The van der Waals surface area contributed by atoms with Crippen LogP contribution >= 0.6 is 11.8 Å². The Morgan fingerprint density at radius 2 is 1.89 bits per heavy atom. The predicted molar refractivity (Wildman–Crippen MR) is 167 cm³/mol. The molecule has 0 radical (unpaired) electrons. The molecule has 0 unspecified atom stereocenters. The first kappa shape index (κ1) is 28.2. The molecule has 44 heavy (non-hydrogen) atoms. The minimum absolute atomic E-state index is 0.0440. The van der Waals surface area contributed by atoms with Crippen molar-refractivity contribution < 1.29 is 23.0 Å². The number of hydrogen-bond donors (Lipinski definition) is 2. The van der Waals surface area contributed by atoms with Crippen LogP contribution in [0.25, 0.3) is 32.8 Å². The van der Waals surface area contributed by atoms with Gasteiger partial charge in [-0.3, -0.25) is 4.90 Å². The Labute approximate surface area is 257 Å². The van der Waals surface area contributed by atoms with Gasteiger partial charge in [-0.25, -0.2) is 13.2 Å². The molecule has 0 aliphatic carbocycles. The summed E-state index contributed by atoms with van der Waals surface area (Å²) in [6, 6.07) is 10.2. The number of rotatable bonds is 6. The van der Waals surface area contributed by atoms with Gasteiger partial charge in [0.15, 0.2) is 5.82 Å². The molecule has 5 heterocycles. The van der Waals surface area contributed by atoms with Crippen molar-refractivity contribution in [3.63, 3.8) is 0 Å². The van der Waals surface area contributed by atoms with Crippen LogP contribution < -0.4 is 15.0 Å². The summed E-state index contributed by atoms with van der Waals surface area (Å²) in [5, 5.41) is 15.9. The van der Waals surface area contributed by atoms with E-state index in [1.165, 1.54) is 23.9 Å². The molecule has 4 aliphatic rings. The number of anilines is 1. The van der Waals surface area contributed by atoms with Crippen molar-refractivity contribution in [2.45, 2.75) is 60.8 Å². The molecule has 7 nitrogen and oxygen atoms in total. The van der Waals surface area contributed by atoms with Gasteiger partial charge in [0.2, 0.25) is 0 Å². The fourth-order valence-corrected chi connectivity index (χ4v) is 8.76. The van der Waals surface area contributed by atoms with Crippen molar-refractivity contribution in [2.24, 2.45) is 0 Å². The number of hydrogen-bond acceptors (Lipinski definition) is 8. The lowest BCUT2D eigenvalue weighted by Crippen LogP contribution is -2.51. The summed E-state index contributed by atoms with van der Waals surface area (Å²) in [6.07, 6.45) is 5.27. The molecule has 4 fully saturated rings. The monoisotopic (exact) mass is 621 g/mol. The molecule has 2 N–H and O–H groups in total. The number of fused-ring (bicyclic) bond motifs is 5. The summed E-state index contributed by atoms with van der Waals surface area (Å²) < 4.78 is 52.5. The molecule has 1 aromatic heterocycles. The van der Waals surface area contributed by atoms with E-state index in [0.717, 1.165) is 45.3 Å². The zero-order chi connectivity index (χ0) is 30.2. The van der Waals surface area contributed by atoms with Crippen molar-refractivity contribution in [1.29, 1.82) is 0 Å². The topological polar surface area (TPSA) is 73.8 Å². The Bertz CT molecular complexity index is 1780. The van der Waals surface area contributed by atoms with Crippen LogP contribution in [0.5, 0.6) is 11.8 Å². The van der Waals surface area contributed by atoms with Crippen molar-refractivity contribution in [1.82, 2.24) is 20.2 Å². The van der Waals surface area contributed by atoms with Gasteiger partial charge in [0, 0.05) is 54.5 Å². The number of halogens is 3. The molecule has 4 atom stereocenters. The maximum atomic E-state index is 16.8. The minimum Gasteiger partial charge on any atom is -0.508 e. The Morgan fingerprint density at radius 3 is 2.68 bits per heavy atom. The van der Waals surface area contributed by atoms with Crippen LogP contribution in [0.3, 0.4) is 0 Å². The maximum absolute atomic E-state index is 16.8. The number of phenolic OH excluding ortho intramolecular Hbond substituents is 1. The zero-order valence-corrected chi connectivity index (χ0v) is 25.3. The largest absolute Gasteiger partial charge is 0.508 e. The number of benzene rings is 3. The summed E-state index contributed by atoms with van der Waals surface area (Å²) in [7, 11) is 0. The molecule has 0 spiro atoms. The summed E-state index contributed by atoms with van der Waals surface area (Å²) in [5.41, 5.74) is 0.284. The third-order valence-corrected chi connectivity index (χ3v) is 10.8. The highest BCUT2D eigenvalue weighted by Gasteiger charge is 2.49. The third-order valence-electron chi connectivity index (χ3n) is 10.0. The Balaban J connectivity index is 1.27. The first-order valence-corrected chi connectivity index (χ1v) is 16.6. The van der Waals surface area contributed by atoms with Gasteiger partial charge in [-0.05, 0) is 73.7 Å². The van der Waals surface area contributed by atoms with Crippen LogP contribution in [0.15, 0.2) is 41.3 Å². The van der Waals surface area contributed by atoms with E-state index in [-0.39, 0.29) is 29.4 Å². The highest BCUT2D eigenvalue weighted by atomic mass is 32.2. The summed E-state index contributed by atoms with van der Waals surface area (Å²) in [4.78, 5) is 14.2. The number of piperazine rings is 1. The molecule has 2 bridgehead atoms. The molecule has 0 saturated carbocycles. The second-order valence-electron chi connectivity index (χ2n) is 12.7. The molecule has 3 aromatic carbocycles. The van der Waals surface area contributed by atoms with Crippen LogP contribution in [-0.2, 0) is 0 Å². The van der Waals surface area contributed by atoms with Crippen LogP contribution in [0, 0.1) is 11.6 Å². The van der Waals surface area contributed by atoms with Crippen LogP contribution in [0.1, 0.15) is 32.1 Å². The van der Waals surface area contributed by atoms with Gasteiger partial charge in [-0.2, -0.15) is 9.97 Å². The normalized spacial score (nSPS) is 26.6. The lowest BCUT2D eigenvalue weighted by atomic mass is 9.95. The number of nitrogens with one attached hydrogen (secondary N) is 1. The first-order valence-electron chi connectivity index (χ1n) is 15.3. The Morgan fingerprint density at radius 1 is 1.07 bits per heavy atom. The number of alkyl halides is 1. The van der Waals surface area contributed by atoms with Crippen LogP contribution in [-0.4, -0.2) is 82.8 Å². The van der Waals surface area contributed by atoms with Crippen LogP contribution in [0.2, 0.25) is 0 Å². The van der Waals surface area contributed by atoms with Gasteiger partial charge in [0.1, 0.15) is 35.7 Å². The van der Waals surface area contributed by atoms with E-state index >= 15 is 4.39 Å². The number of aromatic nitrogens is 2. The van der Waals surface area contributed by atoms with Crippen molar-refractivity contribution >= 4 is 39.3 Å². The fraction of sp³-hybridized carbons (Fsp3) is 0.455. The molecule has 230 valence electrons. The van der Waals surface area contributed by atoms with E-state index in [0.29, 0.717) is 57.5 Å². The van der Waals surface area contributed by atoms with E-state index in [2.05, 4.69) is 20.1 Å². The number of thioether (sulfide) groups is 1.